The fraction of sp³-hybridized carbons (Fsp3) is 0.200. The number of unbranched alkanes of at least 4 members (excludes halogenated alkanes) is 1. The number of hydrogen-bond donors (Lipinski definition) is 1. The summed E-state index contributed by atoms with van der Waals surface area (Å²) in [6.45, 7) is 2.73. The first-order valence-corrected chi connectivity index (χ1v) is 11.2. The number of ketones is 1. The molecular formula is C25H23N4O2S+. The van der Waals surface area contributed by atoms with Crippen LogP contribution in [0, 0.1) is 22.7 Å². The van der Waals surface area contributed by atoms with E-state index in [1.807, 2.05) is 18.2 Å². The third-order valence-corrected chi connectivity index (χ3v) is 5.82. The van der Waals surface area contributed by atoms with Crippen LogP contribution in [0.25, 0.3) is 11.1 Å². The molecule has 160 valence electrons. The molecule has 3 aromatic rings. The molecule has 0 amide bonds. The van der Waals surface area contributed by atoms with Crippen LogP contribution in [0.1, 0.15) is 41.3 Å². The molecule has 32 heavy (non-hydrogen) atoms. The number of nitrogens with zero attached hydrogens (tertiary/aromatic N) is 2. The number of thioether (sulfide) groups is 1. The number of nitrogens with one attached hydrogen (secondary N) is 1. The summed E-state index contributed by atoms with van der Waals surface area (Å²) in [4.78, 5) is 15.4. The van der Waals surface area contributed by atoms with Gasteiger partial charge in [-0.1, -0.05) is 67.6 Å². The molecule has 0 unspecified atom stereocenters. The van der Waals surface area contributed by atoms with E-state index in [9.17, 15) is 15.3 Å². The minimum atomic E-state index is -0.0639. The minimum absolute atomic E-state index is 0.0639. The monoisotopic (exact) mass is 443 g/mol. The number of nitrogen functional groups attached to an aromatic ring is 1. The van der Waals surface area contributed by atoms with Crippen molar-refractivity contribution in [3.8, 4) is 29.0 Å². The SMILES string of the molecule is CCCCOc1ccc(-c2c(C#N)c(N)[nH+]c(SCC(=O)c3ccccc3)c2C#N)cc1. The number of Topliss-reactive ketones (excluding diaryl/α,β-unsaturated/α-hetero) is 1. The van der Waals surface area contributed by atoms with Crippen LogP contribution in [0.5, 0.6) is 5.75 Å². The van der Waals surface area contributed by atoms with Crippen LogP contribution in [0.2, 0.25) is 0 Å². The van der Waals surface area contributed by atoms with Crippen LogP contribution in [0.3, 0.4) is 0 Å². The molecule has 6 nitrogen and oxygen atoms in total. The fourth-order valence-corrected chi connectivity index (χ4v) is 4.05. The molecule has 0 fully saturated rings. The maximum absolute atomic E-state index is 12.5. The van der Waals surface area contributed by atoms with Crippen LogP contribution in [0.4, 0.5) is 5.82 Å². The summed E-state index contributed by atoms with van der Waals surface area (Å²) >= 11 is 1.19. The first-order valence-electron chi connectivity index (χ1n) is 10.2. The van der Waals surface area contributed by atoms with E-state index in [0.29, 0.717) is 28.3 Å². The van der Waals surface area contributed by atoms with E-state index in [2.05, 4.69) is 24.0 Å². The van der Waals surface area contributed by atoms with E-state index in [1.165, 1.54) is 11.8 Å². The second-order valence-electron chi connectivity index (χ2n) is 7.02. The van der Waals surface area contributed by atoms with Gasteiger partial charge in [-0.2, -0.15) is 10.5 Å². The van der Waals surface area contributed by atoms with E-state index < -0.39 is 0 Å². The van der Waals surface area contributed by atoms with Gasteiger partial charge in [-0.25, -0.2) is 4.98 Å². The average Bonchev–Trinajstić information content (AvgIpc) is 2.83. The summed E-state index contributed by atoms with van der Waals surface area (Å²) < 4.78 is 5.70. The maximum Gasteiger partial charge on any atom is 0.289 e. The molecule has 7 heteroatoms. The van der Waals surface area contributed by atoms with Crippen molar-refractivity contribution >= 4 is 23.4 Å². The molecule has 0 aliphatic heterocycles. The Morgan fingerprint density at radius 1 is 1.06 bits per heavy atom. The van der Waals surface area contributed by atoms with Gasteiger partial charge in [0.1, 0.15) is 29.0 Å². The molecule has 2 aromatic carbocycles. The van der Waals surface area contributed by atoms with Gasteiger partial charge in [0.05, 0.1) is 12.4 Å². The van der Waals surface area contributed by atoms with Gasteiger partial charge < -0.3 is 4.74 Å². The number of aromatic amines is 1. The maximum atomic E-state index is 12.5. The van der Waals surface area contributed by atoms with E-state index in [4.69, 9.17) is 10.5 Å². The number of nitrogens with two attached hydrogens (primary N) is 1. The number of anilines is 1. The number of benzene rings is 2. The molecule has 1 heterocycles. The number of carbonyl (C=O) groups excluding carboxylic acids is 1. The lowest BCUT2D eigenvalue weighted by molar-refractivity contribution is -0.410. The Kier molecular flexibility index (Phi) is 7.85. The third-order valence-electron chi connectivity index (χ3n) is 4.82. The Bertz CT molecular complexity index is 1180. The van der Waals surface area contributed by atoms with E-state index in [1.54, 1.807) is 36.4 Å². The second kappa shape index (κ2) is 11.0. The normalized spacial score (nSPS) is 10.2. The minimum Gasteiger partial charge on any atom is -0.494 e. The quantitative estimate of drug-likeness (QED) is 0.292. The third kappa shape index (κ3) is 5.26. The molecule has 0 radical (unpaired) electrons. The van der Waals surface area contributed by atoms with Gasteiger partial charge in [0, 0.05) is 11.1 Å². The van der Waals surface area contributed by atoms with Crippen LogP contribution >= 0.6 is 11.8 Å². The number of ether oxygens (including phenoxy) is 1. The van der Waals surface area contributed by atoms with Crippen molar-refractivity contribution < 1.29 is 14.5 Å². The zero-order valence-corrected chi connectivity index (χ0v) is 18.5. The highest BCUT2D eigenvalue weighted by Gasteiger charge is 2.24. The number of hydrogen-bond acceptors (Lipinski definition) is 6. The second-order valence-corrected chi connectivity index (χ2v) is 8.01. The summed E-state index contributed by atoms with van der Waals surface area (Å²) in [5, 5.41) is 20.1. The van der Waals surface area contributed by atoms with Crippen LogP contribution in [-0.4, -0.2) is 18.1 Å². The number of rotatable bonds is 9. The zero-order valence-electron chi connectivity index (χ0n) is 17.7. The highest BCUT2D eigenvalue weighted by Crippen LogP contribution is 2.34. The van der Waals surface area contributed by atoms with Crippen molar-refractivity contribution in [1.29, 1.82) is 10.5 Å². The molecule has 0 bridgehead atoms. The molecule has 3 N–H and O–H groups in total. The van der Waals surface area contributed by atoms with Gasteiger partial charge in [-0.3, -0.25) is 10.5 Å². The van der Waals surface area contributed by atoms with Gasteiger partial charge in [0.15, 0.2) is 10.8 Å². The van der Waals surface area contributed by atoms with Crippen LogP contribution in [-0.2, 0) is 0 Å². The molecule has 0 aliphatic rings. The predicted molar refractivity (Wildman–Crippen MR) is 124 cm³/mol. The van der Waals surface area contributed by atoms with Crippen LogP contribution < -0.4 is 15.5 Å². The molecule has 0 spiro atoms. The number of aromatic nitrogens is 1. The largest absolute Gasteiger partial charge is 0.494 e. The molecular weight excluding hydrogens is 420 g/mol. The molecule has 1 aromatic heterocycles. The molecule has 0 atom stereocenters. The number of nitriles is 2. The highest BCUT2D eigenvalue weighted by atomic mass is 32.2. The Morgan fingerprint density at radius 2 is 1.75 bits per heavy atom. The first kappa shape index (κ1) is 22.9. The van der Waals surface area contributed by atoms with Crippen molar-refractivity contribution in [3.05, 3.63) is 71.3 Å². The molecule has 3 rings (SSSR count). The zero-order chi connectivity index (χ0) is 22.9. The van der Waals surface area contributed by atoms with E-state index in [0.717, 1.165) is 18.6 Å². The lowest BCUT2D eigenvalue weighted by Gasteiger charge is -2.11. The standard InChI is InChI=1S/C25H22N4O2S/c1-2-3-13-31-19-11-9-18(10-12-19)23-20(14-26)24(28)29-25(21(23)15-27)32-16-22(30)17-7-5-4-6-8-17/h4-12H,2-3,13,16H2,1H3,(H2,28,29)/p+1. The van der Waals surface area contributed by atoms with Gasteiger partial charge in [0.2, 0.25) is 0 Å². The summed E-state index contributed by atoms with van der Waals surface area (Å²) in [6, 6.07) is 20.5. The van der Waals surface area contributed by atoms with Crippen molar-refractivity contribution in [2.75, 3.05) is 18.1 Å². The van der Waals surface area contributed by atoms with Crippen LogP contribution in [0.15, 0.2) is 59.6 Å². The van der Waals surface area contributed by atoms with Crippen molar-refractivity contribution in [1.82, 2.24) is 0 Å². The molecule has 0 aliphatic carbocycles. The summed E-state index contributed by atoms with van der Waals surface area (Å²) in [6.07, 6.45) is 2.01. The fourth-order valence-electron chi connectivity index (χ4n) is 3.14. The summed E-state index contributed by atoms with van der Waals surface area (Å²) in [5.41, 5.74) is 8.31. The molecule has 0 saturated heterocycles. The predicted octanol–water partition coefficient (Wildman–Crippen LogP) is 4.65. The number of pyridine rings is 1. The Hall–Kier alpha value is -3.81. The first-order chi connectivity index (χ1) is 15.6. The van der Waals surface area contributed by atoms with E-state index in [-0.39, 0.29) is 28.5 Å². The van der Waals surface area contributed by atoms with Gasteiger partial charge >= 0.3 is 0 Å². The number of carbonyl (C=O) groups is 1. The Morgan fingerprint density at radius 3 is 2.38 bits per heavy atom. The lowest BCUT2D eigenvalue weighted by Crippen LogP contribution is -2.19. The van der Waals surface area contributed by atoms with Crippen molar-refractivity contribution in [2.45, 2.75) is 24.8 Å². The Balaban J connectivity index is 1.94. The average molecular weight is 444 g/mol. The summed E-state index contributed by atoms with van der Waals surface area (Å²) in [5.74, 6) is 0.938. The van der Waals surface area contributed by atoms with Gasteiger partial charge in [-0.05, 0) is 24.1 Å². The topological polar surface area (TPSA) is 114 Å². The van der Waals surface area contributed by atoms with Crippen molar-refractivity contribution in [3.63, 3.8) is 0 Å². The van der Waals surface area contributed by atoms with E-state index >= 15 is 0 Å². The number of H-pyrrole nitrogens is 1. The van der Waals surface area contributed by atoms with Gasteiger partial charge in [0.25, 0.3) is 5.82 Å². The highest BCUT2D eigenvalue weighted by molar-refractivity contribution is 7.99. The molecule has 0 saturated carbocycles. The Labute approximate surface area is 191 Å². The van der Waals surface area contributed by atoms with Crippen molar-refractivity contribution in [2.24, 2.45) is 0 Å². The smallest absolute Gasteiger partial charge is 0.289 e. The van der Waals surface area contributed by atoms with Gasteiger partial charge in [-0.15, -0.1) is 0 Å². The summed E-state index contributed by atoms with van der Waals surface area (Å²) in [7, 11) is 0. The lowest BCUT2D eigenvalue weighted by atomic mass is 9.97.